The zero-order chi connectivity index (χ0) is 23.8. The van der Waals surface area contributed by atoms with Crippen LogP contribution >= 0.6 is 23.2 Å². The Labute approximate surface area is 193 Å². The van der Waals surface area contributed by atoms with Crippen LogP contribution in [0.2, 0.25) is 10.0 Å². The summed E-state index contributed by atoms with van der Waals surface area (Å²) >= 11 is 12.2. The van der Waals surface area contributed by atoms with Gasteiger partial charge in [0.25, 0.3) is 0 Å². The standard InChI is InChI=1S/C21H22Cl2F3N3O3/c1-28(2)20-11(8-12(9-27-20)21(24,25)26)4-3-5-15(30)29-7-6-13-14(10-29)17(23)19(32)18(31)16(13)22/h8-9,31-32H,3-7,10H2,1-2H3. The summed E-state index contributed by atoms with van der Waals surface area (Å²) in [6.45, 7) is 0.467. The molecule has 0 saturated heterocycles. The molecule has 2 N–H and O–H groups in total. The lowest BCUT2D eigenvalue weighted by Crippen LogP contribution is -2.36. The first kappa shape index (κ1) is 24.3. The molecule has 1 aliphatic rings. The normalized spacial score (nSPS) is 13.8. The number of aromatic hydroxyl groups is 2. The Hall–Kier alpha value is -2.39. The summed E-state index contributed by atoms with van der Waals surface area (Å²) in [4.78, 5) is 19.8. The number of pyridine rings is 1. The van der Waals surface area contributed by atoms with Crippen LogP contribution in [0.1, 0.15) is 35.1 Å². The number of halogens is 5. The van der Waals surface area contributed by atoms with Gasteiger partial charge in [0.05, 0.1) is 15.6 Å². The smallest absolute Gasteiger partial charge is 0.417 e. The van der Waals surface area contributed by atoms with E-state index in [0.29, 0.717) is 41.9 Å². The van der Waals surface area contributed by atoms with Crippen LogP contribution in [-0.2, 0) is 30.4 Å². The molecule has 0 radical (unpaired) electrons. The van der Waals surface area contributed by atoms with Gasteiger partial charge < -0.3 is 20.0 Å². The number of hydrogen-bond acceptors (Lipinski definition) is 5. The fraction of sp³-hybridized carbons (Fsp3) is 0.429. The minimum absolute atomic E-state index is 0.0160. The van der Waals surface area contributed by atoms with Gasteiger partial charge in [-0.25, -0.2) is 4.98 Å². The number of aryl methyl sites for hydroxylation is 1. The summed E-state index contributed by atoms with van der Waals surface area (Å²) in [7, 11) is 3.38. The number of rotatable bonds is 5. The van der Waals surface area contributed by atoms with E-state index >= 15 is 0 Å². The molecule has 0 atom stereocenters. The van der Waals surface area contributed by atoms with E-state index in [1.54, 1.807) is 23.9 Å². The van der Waals surface area contributed by atoms with Gasteiger partial charge >= 0.3 is 6.18 Å². The maximum absolute atomic E-state index is 13.1. The lowest BCUT2D eigenvalue weighted by atomic mass is 9.97. The number of alkyl halides is 3. The van der Waals surface area contributed by atoms with Crippen LogP contribution < -0.4 is 4.90 Å². The predicted octanol–water partition coefficient (Wildman–Crippen LogP) is 4.79. The minimum Gasteiger partial charge on any atom is -0.503 e. The largest absolute Gasteiger partial charge is 0.503 e. The van der Waals surface area contributed by atoms with Crippen LogP contribution in [0.15, 0.2) is 12.3 Å². The van der Waals surface area contributed by atoms with Crippen LogP contribution in [0.5, 0.6) is 11.5 Å². The van der Waals surface area contributed by atoms with Crippen LogP contribution in [-0.4, -0.2) is 46.6 Å². The molecule has 0 bridgehead atoms. The van der Waals surface area contributed by atoms with E-state index in [-0.39, 0.29) is 35.3 Å². The molecule has 11 heteroatoms. The zero-order valence-corrected chi connectivity index (χ0v) is 18.9. The molecule has 1 aromatic heterocycles. The number of carbonyl (C=O) groups excluding carboxylic acids is 1. The van der Waals surface area contributed by atoms with Crippen molar-refractivity contribution in [3.8, 4) is 11.5 Å². The summed E-state index contributed by atoms with van der Waals surface area (Å²) in [5.41, 5.74) is 0.647. The molecule has 1 amide bonds. The van der Waals surface area contributed by atoms with Crippen LogP contribution in [0.25, 0.3) is 0 Å². The number of benzene rings is 1. The molecule has 0 fully saturated rings. The number of amides is 1. The Kier molecular flexibility index (Phi) is 7.00. The van der Waals surface area contributed by atoms with Crippen LogP contribution in [0.4, 0.5) is 19.0 Å². The summed E-state index contributed by atoms with van der Waals surface area (Å²) in [6.07, 6.45) is -2.63. The zero-order valence-electron chi connectivity index (χ0n) is 17.4. The van der Waals surface area contributed by atoms with Gasteiger partial charge in [-0.3, -0.25) is 4.79 Å². The van der Waals surface area contributed by atoms with Gasteiger partial charge in [0.15, 0.2) is 11.5 Å². The van der Waals surface area contributed by atoms with Crippen molar-refractivity contribution in [2.45, 2.75) is 38.4 Å². The molecule has 1 aliphatic heterocycles. The van der Waals surface area contributed by atoms with Crippen molar-refractivity contribution in [1.29, 1.82) is 0 Å². The number of aromatic nitrogens is 1. The number of phenolic OH excluding ortho intramolecular Hbond substituents is 2. The highest BCUT2D eigenvalue weighted by molar-refractivity contribution is 6.36. The predicted molar refractivity (Wildman–Crippen MR) is 115 cm³/mol. The van der Waals surface area contributed by atoms with Gasteiger partial charge in [-0.05, 0) is 42.0 Å². The second-order valence-corrected chi connectivity index (χ2v) is 8.56. The molecule has 2 heterocycles. The number of nitrogens with zero attached hydrogens (tertiary/aromatic N) is 3. The first-order valence-corrected chi connectivity index (χ1v) is 10.6. The molecule has 1 aromatic carbocycles. The van der Waals surface area contributed by atoms with Crippen molar-refractivity contribution in [3.63, 3.8) is 0 Å². The fourth-order valence-corrected chi connectivity index (χ4v) is 4.31. The van der Waals surface area contributed by atoms with E-state index in [1.165, 1.54) is 0 Å². The Morgan fingerprint density at radius 1 is 1.19 bits per heavy atom. The van der Waals surface area contributed by atoms with Crippen molar-refractivity contribution in [3.05, 3.63) is 44.6 Å². The van der Waals surface area contributed by atoms with Gasteiger partial charge in [-0.15, -0.1) is 0 Å². The maximum atomic E-state index is 13.1. The number of anilines is 1. The number of carbonyl (C=O) groups is 1. The third kappa shape index (κ3) is 4.83. The van der Waals surface area contributed by atoms with Gasteiger partial charge in [-0.2, -0.15) is 13.2 Å². The van der Waals surface area contributed by atoms with Crippen molar-refractivity contribution in [2.75, 3.05) is 25.5 Å². The molecule has 0 unspecified atom stereocenters. The Balaban J connectivity index is 1.69. The van der Waals surface area contributed by atoms with Gasteiger partial charge in [0.2, 0.25) is 5.91 Å². The third-order valence-corrected chi connectivity index (χ3v) is 6.21. The summed E-state index contributed by atoms with van der Waals surface area (Å²) in [6, 6.07) is 1.07. The summed E-state index contributed by atoms with van der Waals surface area (Å²) in [5.74, 6) is -0.782. The molecular weight excluding hydrogens is 470 g/mol. The van der Waals surface area contributed by atoms with Gasteiger partial charge in [0, 0.05) is 39.8 Å². The van der Waals surface area contributed by atoms with E-state index in [4.69, 9.17) is 23.2 Å². The van der Waals surface area contributed by atoms with Gasteiger partial charge in [0.1, 0.15) is 5.82 Å². The van der Waals surface area contributed by atoms with Gasteiger partial charge in [-0.1, -0.05) is 23.2 Å². The van der Waals surface area contributed by atoms with Crippen LogP contribution in [0, 0.1) is 0 Å². The van der Waals surface area contributed by atoms with E-state index in [2.05, 4.69) is 4.98 Å². The van der Waals surface area contributed by atoms with E-state index in [9.17, 15) is 28.2 Å². The third-order valence-electron chi connectivity index (χ3n) is 5.40. The first-order chi connectivity index (χ1) is 14.9. The van der Waals surface area contributed by atoms with Crippen molar-refractivity contribution in [2.24, 2.45) is 0 Å². The lowest BCUT2D eigenvalue weighted by molar-refractivity contribution is -0.138. The van der Waals surface area contributed by atoms with Crippen molar-refractivity contribution >= 4 is 34.9 Å². The van der Waals surface area contributed by atoms with Crippen molar-refractivity contribution in [1.82, 2.24) is 9.88 Å². The molecule has 6 nitrogen and oxygen atoms in total. The highest BCUT2D eigenvalue weighted by Gasteiger charge is 2.32. The fourth-order valence-electron chi connectivity index (χ4n) is 3.75. The average Bonchev–Trinajstić information content (AvgIpc) is 2.74. The highest BCUT2D eigenvalue weighted by Crippen LogP contribution is 2.46. The highest BCUT2D eigenvalue weighted by atomic mass is 35.5. The van der Waals surface area contributed by atoms with Crippen molar-refractivity contribution < 1.29 is 28.2 Å². The van der Waals surface area contributed by atoms with E-state index in [0.717, 1.165) is 12.3 Å². The number of hydrogen-bond donors (Lipinski definition) is 2. The monoisotopic (exact) mass is 491 g/mol. The molecule has 174 valence electrons. The quantitative estimate of drug-likeness (QED) is 0.587. The molecule has 2 aromatic rings. The molecule has 0 aliphatic carbocycles. The summed E-state index contributed by atoms with van der Waals surface area (Å²) in [5, 5.41) is 19.7. The number of phenols is 2. The number of fused-ring (bicyclic) bond motifs is 1. The average molecular weight is 492 g/mol. The van der Waals surface area contributed by atoms with Crippen LogP contribution in [0.3, 0.4) is 0 Å². The minimum atomic E-state index is -4.50. The molecular formula is C21H22Cl2F3N3O3. The SMILES string of the molecule is CN(C)c1ncc(C(F)(F)F)cc1CCCC(=O)N1CCc2c(Cl)c(O)c(O)c(Cl)c2C1. The Morgan fingerprint density at radius 3 is 2.41 bits per heavy atom. The summed E-state index contributed by atoms with van der Waals surface area (Å²) < 4.78 is 39.2. The molecule has 0 saturated carbocycles. The molecule has 0 spiro atoms. The topological polar surface area (TPSA) is 76.9 Å². The Morgan fingerprint density at radius 2 is 1.81 bits per heavy atom. The van der Waals surface area contributed by atoms with E-state index < -0.39 is 23.2 Å². The Bertz CT molecular complexity index is 1050. The first-order valence-electron chi connectivity index (χ1n) is 9.83. The molecule has 3 rings (SSSR count). The van der Waals surface area contributed by atoms with E-state index in [1.807, 2.05) is 0 Å². The second-order valence-electron chi connectivity index (χ2n) is 7.80. The maximum Gasteiger partial charge on any atom is 0.417 e. The second kappa shape index (κ2) is 9.23. The molecule has 32 heavy (non-hydrogen) atoms. The lowest BCUT2D eigenvalue weighted by Gasteiger charge is -2.30.